The molecular weight excluding hydrogens is 288 g/mol. The number of hydrogen-bond donors (Lipinski definition) is 1. The number of piperidine rings is 1. The fourth-order valence-corrected chi connectivity index (χ4v) is 4.49. The van der Waals surface area contributed by atoms with Gasteiger partial charge in [-0.2, -0.15) is 0 Å². The first-order valence-corrected chi connectivity index (χ1v) is 8.42. The molecule has 1 aromatic rings. The van der Waals surface area contributed by atoms with Crippen LogP contribution in [0.5, 0.6) is 0 Å². The summed E-state index contributed by atoms with van der Waals surface area (Å²) in [6.07, 6.45) is 3.95. The molecule has 6 heteroatoms. The third-order valence-corrected chi connectivity index (χ3v) is 5.90. The van der Waals surface area contributed by atoms with Crippen LogP contribution in [0.2, 0.25) is 0 Å². The molecule has 5 nitrogen and oxygen atoms in total. The van der Waals surface area contributed by atoms with Crippen molar-refractivity contribution >= 4 is 22.4 Å². The maximum atomic E-state index is 11.4. The molecule has 0 spiro atoms. The number of carboxylic acids is 1. The number of aryl methyl sites for hydroxylation is 1. The molecule has 1 aliphatic carbocycles. The molecule has 1 aliphatic heterocycles. The molecule has 1 aromatic heterocycles. The van der Waals surface area contributed by atoms with Crippen LogP contribution in [0, 0.1) is 5.92 Å². The lowest BCUT2D eigenvalue weighted by Crippen LogP contribution is -2.43. The van der Waals surface area contributed by atoms with Crippen molar-refractivity contribution in [3.63, 3.8) is 0 Å². The number of ether oxygens (including phenoxy) is 1. The average molecular weight is 310 g/mol. The Morgan fingerprint density at radius 1 is 1.48 bits per heavy atom. The van der Waals surface area contributed by atoms with Crippen LogP contribution in [-0.4, -0.2) is 42.4 Å². The van der Waals surface area contributed by atoms with Gasteiger partial charge in [0.15, 0.2) is 5.13 Å². The largest absolute Gasteiger partial charge is 0.481 e. The van der Waals surface area contributed by atoms with Crippen LogP contribution in [0.25, 0.3) is 0 Å². The zero-order valence-electron chi connectivity index (χ0n) is 12.5. The molecule has 0 saturated carbocycles. The second-order valence-corrected chi connectivity index (χ2v) is 7.14. The summed E-state index contributed by atoms with van der Waals surface area (Å²) in [6, 6.07) is 0. The lowest BCUT2D eigenvalue weighted by molar-refractivity contribution is -0.139. The minimum absolute atomic E-state index is 0.231. The predicted octanol–water partition coefficient (Wildman–Crippen LogP) is 2.51. The topological polar surface area (TPSA) is 62.7 Å². The molecule has 0 amide bonds. The van der Waals surface area contributed by atoms with Crippen LogP contribution < -0.4 is 4.90 Å². The molecule has 1 fully saturated rings. The van der Waals surface area contributed by atoms with Gasteiger partial charge in [-0.25, -0.2) is 4.98 Å². The quantitative estimate of drug-likeness (QED) is 0.929. The number of methoxy groups -OCH3 is 1. The van der Waals surface area contributed by atoms with Gasteiger partial charge < -0.3 is 14.7 Å². The summed E-state index contributed by atoms with van der Waals surface area (Å²) in [5, 5.41) is 10.3. The number of carboxylic acid groups (broad SMARTS) is 1. The highest BCUT2D eigenvalue weighted by atomic mass is 32.1. The number of carbonyl (C=O) groups is 1. The number of aromatic nitrogens is 1. The molecule has 0 radical (unpaired) electrons. The first-order valence-electron chi connectivity index (χ1n) is 7.60. The summed E-state index contributed by atoms with van der Waals surface area (Å²) in [4.78, 5) is 19.5. The maximum Gasteiger partial charge on any atom is 0.312 e. The van der Waals surface area contributed by atoms with Gasteiger partial charge in [0, 0.05) is 25.1 Å². The predicted molar refractivity (Wildman–Crippen MR) is 82.2 cm³/mol. The summed E-state index contributed by atoms with van der Waals surface area (Å²) >= 11 is 1.67. The normalized spacial score (nSPS) is 29.2. The van der Waals surface area contributed by atoms with Crippen LogP contribution >= 0.6 is 11.3 Å². The van der Waals surface area contributed by atoms with Gasteiger partial charge in [0.25, 0.3) is 0 Å². The van der Waals surface area contributed by atoms with E-state index in [1.54, 1.807) is 18.4 Å². The van der Waals surface area contributed by atoms with E-state index in [4.69, 9.17) is 4.74 Å². The Morgan fingerprint density at radius 3 is 3.00 bits per heavy atom. The third kappa shape index (κ3) is 2.79. The SMILES string of the molecule is COC1CN(c2nc3c(s2)CCCC3C(=O)O)CCC1C. The van der Waals surface area contributed by atoms with Crippen LogP contribution in [0.4, 0.5) is 5.13 Å². The van der Waals surface area contributed by atoms with E-state index in [0.29, 0.717) is 12.3 Å². The highest BCUT2D eigenvalue weighted by Crippen LogP contribution is 2.39. The summed E-state index contributed by atoms with van der Waals surface area (Å²) in [7, 11) is 1.76. The number of aliphatic carboxylic acids is 1. The van der Waals surface area contributed by atoms with Crippen molar-refractivity contribution in [2.45, 2.75) is 44.6 Å². The van der Waals surface area contributed by atoms with E-state index in [1.165, 1.54) is 0 Å². The molecule has 0 bridgehead atoms. The highest BCUT2D eigenvalue weighted by Gasteiger charge is 2.33. The van der Waals surface area contributed by atoms with Gasteiger partial charge in [0.2, 0.25) is 0 Å². The Kier molecular flexibility index (Phi) is 4.17. The zero-order chi connectivity index (χ0) is 15.0. The lowest BCUT2D eigenvalue weighted by atomic mass is 9.91. The van der Waals surface area contributed by atoms with Gasteiger partial charge in [-0.05, 0) is 31.6 Å². The van der Waals surface area contributed by atoms with Crippen molar-refractivity contribution in [3.05, 3.63) is 10.6 Å². The fourth-order valence-electron chi connectivity index (χ4n) is 3.30. The van der Waals surface area contributed by atoms with Crippen LogP contribution in [0.15, 0.2) is 0 Å². The van der Waals surface area contributed by atoms with Crippen molar-refractivity contribution in [2.75, 3.05) is 25.1 Å². The number of nitrogens with zero attached hydrogens (tertiary/aromatic N) is 2. The molecule has 1 saturated heterocycles. The van der Waals surface area contributed by atoms with E-state index in [-0.39, 0.29) is 6.10 Å². The van der Waals surface area contributed by atoms with Crippen molar-refractivity contribution in [2.24, 2.45) is 5.92 Å². The zero-order valence-corrected chi connectivity index (χ0v) is 13.4. The monoisotopic (exact) mass is 310 g/mol. The number of fused-ring (bicyclic) bond motifs is 1. The van der Waals surface area contributed by atoms with Crippen LogP contribution in [-0.2, 0) is 16.0 Å². The van der Waals surface area contributed by atoms with Gasteiger partial charge in [0.05, 0.1) is 11.8 Å². The molecule has 1 N–H and O–H groups in total. The molecule has 3 rings (SSSR count). The molecule has 21 heavy (non-hydrogen) atoms. The van der Waals surface area contributed by atoms with E-state index >= 15 is 0 Å². The number of rotatable bonds is 3. The minimum Gasteiger partial charge on any atom is -0.481 e. The van der Waals surface area contributed by atoms with Gasteiger partial charge in [-0.15, -0.1) is 11.3 Å². The molecule has 0 aromatic carbocycles. The first-order chi connectivity index (χ1) is 10.1. The Balaban J connectivity index is 1.83. The van der Waals surface area contributed by atoms with Crippen molar-refractivity contribution in [1.29, 1.82) is 0 Å². The molecule has 2 aliphatic rings. The van der Waals surface area contributed by atoms with E-state index in [1.807, 2.05) is 0 Å². The van der Waals surface area contributed by atoms with Gasteiger partial charge >= 0.3 is 5.97 Å². The minimum atomic E-state index is -0.741. The molecular formula is C15H22N2O3S. The van der Waals surface area contributed by atoms with Gasteiger partial charge in [-0.1, -0.05) is 6.92 Å². The van der Waals surface area contributed by atoms with E-state index in [2.05, 4.69) is 16.8 Å². The Morgan fingerprint density at radius 2 is 2.29 bits per heavy atom. The third-order valence-electron chi connectivity index (χ3n) is 4.70. The summed E-state index contributed by atoms with van der Waals surface area (Å²) in [5.74, 6) is -0.594. The highest BCUT2D eigenvalue weighted by molar-refractivity contribution is 7.15. The Bertz CT molecular complexity index is 531. The molecule has 3 unspecified atom stereocenters. The van der Waals surface area contributed by atoms with Crippen molar-refractivity contribution in [3.8, 4) is 0 Å². The fraction of sp³-hybridized carbons (Fsp3) is 0.733. The standard InChI is InChI=1S/C15H22N2O3S/c1-9-6-7-17(8-11(9)20-2)15-16-13-10(14(18)19)4-3-5-12(13)21-15/h9-11H,3-8H2,1-2H3,(H,18,19). The summed E-state index contributed by atoms with van der Waals surface area (Å²) in [5.41, 5.74) is 0.807. The summed E-state index contributed by atoms with van der Waals surface area (Å²) < 4.78 is 5.56. The van der Waals surface area contributed by atoms with E-state index in [9.17, 15) is 9.90 Å². The number of hydrogen-bond acceptors (Lipinski definition) is 5. The van der Waals surface area contributed by atoms with Crippen molar-refractivity contribution in [1.82, 2.24) is 4.98 Å². The molecule has 3 atom stereocenters. The Hall–Kier alpha value is -1.14. The summed E-state index contributed by atoms with van der Waals surface area (Å²) in [6.45, 7) is 4.05. The smallest absolute Gasteiger partial charge is 0.312 e. The second kappa shape index (κ2) is 5.93. The number of thiazole rings is 1. The van der Waals surface area contributed by atoms with Crippen LogP contribution in [0.3, 0.4) is 0 Å². The van der Waals surface area contributed by atoms with Crippen molar-refractivity contribution < 1.29 is 14.6 Å². The van der Waals surface area contributed by atoms with E-state index in [0.717, 1.165) is 48.1 Å². The molecule has 116 valence electrons. The Labute approximate surface area is 128 Å². The van der Waals surface area contributed by atoms with Gasteiger partial charge in [0.1, 0.15) is 5.92 Å². The lowest BCUT2D eigenvalue weighted by Gasteiger charge is -2.36. The number of anilines is 1. The van der Waals surface area contributed by atoms with E-state index < -0.39 is 11.9 Å². The first kappa shape index (κ1) is 14.8. The second-order valence-electron chi connectivity index (χ2n) is 6.07. The maximum absolute atomic E-state index is 11.4. The molecule has 2 heterocycles. The van der Waals surface area contributed by atoms with Gasteiger partial charge in [-0.3, -0.25) is 4.79 Å². The van der Waals surface area contributed by atoms with Crippen LogP contribution in [0.1, 0.15) is 42.7 Å². The average Bonchev–Trinajstić information content (AvgIpc) is 2.91.